The Morgan fingerprint density at radius 3 is 1.73 bits per heavy atom. The van der Waals surface area contributed by atoms with Crippen molar-refractivity contribution in [2.75, 3.05) is 0 Å². The van der Waals surface area contributed by atoms with Crippen molar-refractivity contribution < 1.29 is 18.9 Å². The maximum Gasteiger partial charge on any atom is 1.00 e. The van der Waals surface area contributed by atoms with E-state index in [-0.39, 0.29) is 25.0 Å². The molecule has 0 aromatic rings. The molecule has 0 aromatic carbocycles. The first-order chi connectivity index (χ1) is 4.30. The van der Waals surface area contributed by atoms with E-state index in [0.717, 1.165) is 5.92 Å². The summed E-state index contributed by atoms with van der Waals surface area (Å²) in [7, 11) is 0. The molecule has 1 aliphatic carbocycles. The van der Waals surface area contributed by atoms with E-state index >= 15 is 0 Å². The molecule has 0 saturated heterocycles. The summed E-state index contributed by atoms with van der Waals surface area (Å²) in [6.07, 6.45) is 7.33. The summed E-state index contributed by atoms with van der Waals surface area (Å²) in [4.78, 5) is 0. The molecule has 0 atom stereocenters. The molecule has 0 spiro atoms. The Balaban J connectivity index is 0. The van der Waals surface area contributed by atoms with Gasteiger partial charge in [-0.1, -0.05) is 32.1 Å². The van der Waals surface area contributed by atoms with Crippen LogP contribution in [0.3, 0.4) is 0 Å². The van der Waals surface area contributed by atoms with Crippen molar-refractivity contribution in [2.45, 2.75) is 46.0 Å². The van der Waals surface area contributed by atoms with Crippen molar-refractivity contribution in [1.82, 2.24) is 6.15 Å². The SMILES string of the molecule is C[C-](C)C1CCCCC1.N.[Li+]. The van der Waals surface area contributed by atoms with Gasteiger partial charge in [0.2, 0.25) is 0 Å². The van der Waals surface area contributed by atoms with Crippen LogP contribution in [0.2, 0.25) is 0 Å². The molecule has 1 saturated carbocycles. The largest absolute Gasteiger partial charge is 1.00 e. The van der Waals surface area contributed by atoms with Gasteiger partial charge in [0.15, 0.2) is 0 Å². The smallest absolute Gasteiger partial charge is 0.344 e. The van der Waals surface area contributed by atoms with Gasteiger partial charge in [0.05, 0.1) is 0 Å². The summed E-state index contributed by atoms with van der Waals surface area (Å²) in [5.74, 6) is 2.62. The van der Waals surface area contributed by atoms with Crippen LogP contribution in [0.5, 0.6) is 0 Å². The van der Waals surface area contributed by atoms with Crippen molar-refractivity contribution in [2.24, 2.45) is 5.92 Å². The molecular weight excluding hydrogens is 129 g/mol. The Morgan fingerprint density at radius 2 is 1.45 bits per heavy atom. The molecule has 3 N–H and O–H groups in total. The first kappa shape index (κ1) is 14.1. The second-order valence-electron chi connectivity index (χ2n) is 3.41. The van der Waals surface area contributed by atoms with Gasteiger partial charge in [-0.25, -0.2) is 0 Å². The van der Waals surface area contributed by atoms with E-state index in [1.807, 2.05) is 0 Å². The van der Waals surface area contributed by atoms with Gasteiger partial charge >= 0.3 is 18.9 Å². The summed E-state index contributed by atoms with van der Waals surface area (Å²) in [6, 6.07) is 0. The second-order valence-corrected chi connectivity index (χ2v) is 3.41. The molecule has 0 radical (unpaired) electrons. The third-order valence-corrected chi connectivity index (χ3v) is 2.42. The molecular formula is C9H20LiN. The molecule has 0 heterocycles. The van der Waals surface area contributed by atoms with Gasteiger partial charge in [-0.2, -0.15) is 19.8 Å². The zero-order chi connectivity index (χ0) is 6.69. The molecule has 0 aliphatic heterocycles. The van der Waals surface area contributed by atoms with Gasteiger partial charge in [-0.05, 0) is 0 Å². The normalized spacial score (nSPS) is 18.8. The molecule has 0 unspecified atom stereocenters. The summed E-state index contributed by atoms with van der Waals surface area (Å²) in [5, 5.41) is 0. The molecule has 0 aromatic heterocycles. The van der Waals surface area contributed by atoms with Crippen molar-refractivity contribution >= 4 is 0 Å². The fourth-order valence-corrected chi connectivity index (χ4v) is 1.68. The quantitative estimate of drug-likeness (QED) is 0.423. The Bertz CT molecular complexity index is 77.6. The zero-order valence-corrected chi connectivity index (χ0v) is 8.32. The van der Waals surface area contributed by atoms with Crippen LogP contribution >= 0.6 is 0 Å². The van der Waals surface area contributed by atoms with Crippen LogP contribution in [0.4, 0.5) is 0 Å². The minimum absolute atomic E-state index is 0. The molecule has 1 fully saturated rings. The van der Waals surface area contributed by atoms with Crippen molar-refractivity contribution in [3.8, 4) is 0 Å². The van der Waals surface area contributed by atoms with Gasteiger partial charge in [-0.3, -0.25) is 0 Å². The van der Waals surface area contributed by atoms with Crippen LogP contribution in [-0.4, -0.2) is 0 Å². The third-order valence-electron chi connectivity index (χ3n) is 2.42. The summed E-state index contributed by atoms with van der Waals surface area (Å²) < 4.78 is 0. The summed E-state index contributed by atoms with van der Waals surface area (Å²) >= 11 is 0. The Kier molecular flexibility index (Phi) is 9.26. The van der Waals surface area contributed by atoms with E-state index in [1.165, 1.54) is 32.1 Å². The number of hydrogen-bond donors (Lipinski definition) is 1. The predicted octanol–water partition coefficient (Wildman–Crippen LogP) is 0.347. The van der Waals surface area contributed by atoms with Crippen molar-refractivity contribution in [1.29, 1.82) is 0 Å². The third kappa shape index (κ3) is 4.90. The van der Waals surface area contributed by atoms with Gasteiger partial charge in [0, 0.05) is 0 Å². The molecule has 11 heavy (non-hydrogen) atoms. The standard InChI is InChI=1S/C9H17.Li.H3N/c1-8(2)9-6-4-3-5-7-9;;/h9H,3-7H2,1-2H3;;1H3/q-1;+1;. The average Bonchev–Trinajstić information content (AvgIpc) is 1.90. The van der Waals surface area contributed by atoms with Crippen LogP contribution in [0.15, 0.2) is 0 Å². The minimum atomic E-state index is 0. The molecule has 1 aliphatic rings. The topological polar surface area (TPSA) is 35.0 Å². The monoisotopic (exact) mass is 149 g/mol. The van der Waals surface area contributed by atoms with Gasteiger partial charge in [0.1, 0.15) is 0 Å². The minimum Gasteiger partial charge on any atom is -0.344 e. The van der Waals surface area contributed by atoms with Gasteiger partial charge < -0.3 is 12.1 Å². The number of hydrogen-bond acceptors (Lipinski definition) is 1. The number of rotatable bonds is 1. The van der Waals surface area contributed by atoms with E-state index in [2.05, 4.69) is 13.8 Å². The first-order valence-corrected chi connectivity index (χ1v) is 4.11. The predicted molar refractivity (Wildman–Crippen MR) is 46.2 cm³/mol. The average molecular weight is 149 g/mol. The maximum absolute atomic E-state index is 2.27. The van der Waals surface area contributed by atoms with Gasteiger partial charge in [-0.15, -0.1) is 0 Å². The second kappa shape index (κ2) is 7.22. The van der Waals surface area contributed by atoms with Crippen LogP contribution in [0.25, 0.3) is 0 Å². The van der Waals surface area contributed by atoms with E-state index < -0.39 is 0 Å². The molecule has 1 rings (SSSR count). The fraction of sp³-hybridized carbons (Fsp3) is 0.889. The fourth-order valence-electron chi connectivity index (χ4n) is 1.68. The van der Waals surface area contributed by atoms with Crippen molar-refractivity contribution in [3.05, 3.63) is 5.92 Å². The van der Waals surface area contributed by atoms with Crippen LogP contribution < -0.4 is 25.0 Å². The van der Waals surface area contributed by atoms with Crippen molar-refractivity contribution in [3.63, 3.8) is 0 Å². The molecule has 0 amide bonds. The van der Waals surface area contributed by atoms with E-state index in [9.17, 15) is 0 Å². The molecule has 2 heteroatoms. The first-order valence-electron chi connectivity index (χ1n) is 4.11. The van der Waals surface area contributed by atoms with Crippen LogP contribution in [0, 0.1) is 11.8 Å². The van der Waals surface area contributed by atoms with Gasteiger partial charge in [0.25, 0.3) is 0 Å². The maximum atomic E-state index is 2.27. The Morgan fingerprint density at radius 1 is 1.00 bits per heavy atom. The Labute approximate surface area is 83.1 Å². The zero-order valence-electron chi connectivity index (χ0n) is 8.32. The van der Waals surface area contributed by atoms with Crippen LogP contribution in [0.1, 0.15) is 46.0 Å². The molecule has 62 valence electrons. The summed E-state index contributed by atoms with van der Waals surface area (Å²) in [5.41, 5.74) is 0. The molecule has 1 nitrogen and oxygen atoms in total. The summed E-state index contributed by atoms with van der Waals surface area (Å²) in [6.45, 7) is 4.55. The van der Waals surface area contributed by atoms with E-state index in [0.29, 0.717) is 0 Å². The molecule has 0 bridgehead atoms. The van der Waals surface area contributed by atoms with E-state index in [1.54, 1.807) is 5.92 Å². The Hall–Kier alpha value is 0.557. The van der Waals surface area contributed by atoms with E-state index in [4.69, 9.17) is 0 Å². The van der Waals surface area contributed by atoms with Crippen LogP contribution in [-0.2, 0) is 0 Å².